The first-order valence-corrected chi connectivity index (χ1v) is 15.4. The molecular weight excluding hydrogens is 574 g/mol. The summed E-state index contributed by atoms with van der Waals surface area (Å²) in [7, 11) is 0. The van der Waals surface area contributed by atoms with Crippen LogP contribution in [0.25, 0.3) is 21.5 Å². The highest BCUT2D eigenvalue weighted by Crippen LogP contribution is 2.46. The molecule has 4 N–H and O–H groups in total. The number of alkyl halides is 1. The van der Waals surface area contributed by atoms with E-state index in [9.17, 15) is 19.8 Å². The molecule has 5 aromatic rings. The van der Waals surface area contributed by atoms with E-state index in [1.807, 2.05) is 66.7 Å². The van der Waals surface area contributed by atoms with Crippen molar-refractivity contribution in [3.05, 3.63) is 102 Å². The van der Waals surface area contributed by atoms with Gasteiger partial charge in [-0.25, -0.2) is 0 Å². The first-order valence-electron chi connectivity index (χ1n) is 14.8. The van der Waals surface area contributed by atoms with Crippen LogP contribution in [-0.4, -0.2) is 41.0 Å². The number of aromatic hydroxyl groups is 2. The van der Waals surface area contributed by atoms with E-state index in [0.29, 0.717) is 42.5 Å². The highest BCUT2D eigenvalue weighted by atomic mass is 35.5. The Kier molecular flexibility index (Phi) is 7.05. The molecule has 2 aliphatic heterocycles. The van der Waals surface area contributed by atoms with Crippen LogP contribution in [-0.2, 0) is 16.0 Å². The number of carbonyl (C=O) groups excluding carboxylic acids is 2. The van der Waals surface area contributed by atoms with Crippen molar-refractivity contribution in [3.8, 4) is 11.5 Å². The summed E-state index contributed by atoms with van der Waals surface area (Å²) in [4.78, 5) is 31.5. The lowest BCUT2D eigenvalue weighted by Gasteiger charge is -2.25. The number of amides is 2. The van der Waals surface area contributed by atoms with Gasteiger partial charge in [0, 0.05) is 72.2 Å². The Labute approximate surface area is 260 Å². The van der Waals surface area contributed by atoms with Crippen LogP contribution < -0.4 is 15.5 Å². The maximum atomic E-state index is 14.1. The zero-order valence-corrected chi connectivity index (χ0v) is 24.8. The number of benzene rings is 5. The third kappa shape index (κ3) is 4.68. The molecule has 8 heteroatoms. The van der Waals surface area contributed by atoms with Crippen LogP contribution in [0.2, 0.25) is 0 Å². The molecular formula is C36H32ClN3O4. The molecule has 0 fully saturated rings. The van der Waals surface area contributed by atoms with Crippen LogP contribution in [0.1, 0.15) is 41.4 Å². The molecule has 7 nitrogen and oxygen atoms in total. The number of carbonyl (C=O) groups is 2. The number of nitrogens with two attached hydrogens (primary N) is 1. The van der Waals surface area contributed by atoms with Crippen molar-refractivity contribution in [1.29, 1.82) is 0 Å². The van der Waals surface area contributed by atoms with Crippen LogP contribution in [0.15, 0.2) is 84.9 Å². The summed E-state index contributed by atoms with van der Waals surface area (Å²) in [5.41, 5.74) is 10.9. The molecule has 5 aromatic carbocycles. The van der Waals surface area contributed by atoms with E-state index in [1.54, 1.807) is 28.0 Å². The minimum atomic E-state index is -0.441. The Morgan fingerprint density at radius 1 is 0.795 bits per heavy atom. The molecule has 0 spiro atoms. The highest BCUT2D eigenvalue weighted by Gasteiger charge is 2.36. The smallest absolute Gasteiger partial charge is 0.227 e. The van der Waals surface area contributed by atoms with Gasteiger partial charge in [0.25, 0.3) is 0 Å². The number of phenols is 2. The van der Waals surface area contributed by atoms with Crippen molar-refractivity contribution in [2.75, 3.05) is 34.5 Å². The van der Waals surface area contributed by atoms with Gasteiger partial charge in [-0.1, -0.05) is 60.7 Å². The molecule has 2 heterocycles. The van der Waals surface area contributed by atoms with Gasteiger partial charge in [0.05, 0.1) is 11.4 Å². The first kappa shape index (κ1) is 28.0. The third-order valence-electron chi connectivity index (χ3n) is 9.14. The minimum absolute atomic E-state index is 0.0703. The Morgan fingerprint density at radius 3 is 2.09 bits per heavy atom. The molecule has 2 unspecified atom stereocenters. The molecule has 44 heavy (non-hydrogen) atoms. The molecule has 0 saturated carbocycles. The van der Waals surface area contributed by atoms with Gasteiger partial charge in [-0.3, -0.25) is 9.59 Å². The van der Waals surface area contributed by atoms with Crippen molar-refractivity contribution in [3.63, 3.8) is 0 Å². The van der Waals surface area contributed by atoms with Gasteiger partial charge in [-0.15, -0.1) is 11.6 Å². The molecule has 0 radical (unpaired) electrons. The first-order chi connectivity index (χ1) is 21.3. The second-order valence-corrected chi connectivity index (χ2v) is 12.0. The summed E-state index contributed by atoms with van der Waals surface area (Å²) < 4.78 is 0. The normalized spacial score (nSPS) is 16.3. The lowest BCUT2D eigenvalue weighted by atomic mass is 9.90. The van der Waals surface area contributed by atoms with E-state index in [-0.39, 0.29) is 42.1 Å². The van der Waals surface area contributed by atoms with Crippen LogP contribution >= 0.6 is 11.6 Å². The number of hydrogen-bond acceptors (Lipinski definition) is 5. The Bertz CT molecular complexity index is 1960. The Morgan fingerprint density at radius 2 is 1.41 bits per heavy atom. The van der Waals surface area contributed by atoms with E-state index in [4.69, 9.17) is 17.3 Å². The number of nitrogens with zero attached hydrogens (tertiary/aromatic N) is 2. The van der Waals surface area contributed by atoms with Crippen LogP contribution in [0, 0.1) is 0 Å². The lowest BCUT2D eigenvalue weighted by molar-refractivity contribution is -0.120. The molecule has 2 aliphatic rings. The summed E-state index contributed by atoms with van der Waals surface area (Å²) in [6, 6.07) is 25.9. The molecule has 2 amide bonds. The standard InChI is InChI=1S/C36H32ClN3O4/c37-19-23-20-40(31-18-33(42)28-10-3-4-11-29(28)36(23)31)35(44)16-22(21-6-5-7-24(38)14-21)15-34(43)39-13-12-26-25-8-1-2-9-27(25)32(41)17-30(26)39/h1-11,14,17-18,22-23,41-42H,12-13,15-16,19-20,38H2. The van der Waals surface area contributed by atoms with Gasteiger partial charge in [-0.05, 0) is 46.0 Å². The molecule has 2 atom stereocenters. The average molecular weight is 606 g/mol. The van der Waals surface area contributed by atoms with E-state index in [1.165, 1.54) is 0 Å². The van der Waals surface area contributed by atoms with Gasteiger partial charge in [-0.2, -0.15) is 0 Å². The molecule has 0 saturated heterocycles. The maximum absolute atomic E-state index is 14.1. The van der Waals surface area contributed by atoms with Crippen LogP contribution in [0.3, 0.4) is 0 Å². The van der Waals surface area contributed by atoms with E-state index < -0.39 is 5.92 Å². The maximum Gasteiger partial charge on any atom is 0.227 e. The number of anilines is 3. The number of halogens is 1. The number of fused-ring (bicyclic) bond motifs is 6. The van der Waals surface area contributed by atoms with Crippen molar-refractivity contribution in [2.45, 2.75) is 31.1 Å². The van der Waals surface area contributed by atoms with Crippen LogP contribution in [0.5, 0.6) is 11.5 Å². The average Bonchev–Trinajstić information content (AvgIpc) is 3.63. The Balaban J connectivity index is 1.20. The fraction of sp³-hybridized carbons (Fsp3) is 0.222. The molecule has 7 rings (SSSR count). The summed E-state index contributed by atoms with van der Waals surface area (Å²) in [5.74, 6) is -0.223. The largest absolute Gasteiger partial charge is 0.507 e. The highest BCUT2D eigenvalue weighted by molar-refractivity contribution is 6.19. The molecule has 222 valence electrons. The lowest BCUT2D eigenvalue weighted by Crippen LogP contribution is -2.34. The second-order valence-electron chi connectivity index (χ2n) is 11.7. The predicted octanol–water partition coefficient (Wildman–Crippen LogP) is 6.81. The quantitative estimate of drug-likeness (QED) is 0.146. The van der Waals surface area contributed by atoms with E-state index in [2.05, 4.69) is 0 Å². The van der Waals surface area contributed by atoms with Crippen molar-refractivity contribution >= 4 is 62.0 Å². The summed E-state index contributed by atoms with van der Waals surface area (Å²) >= 11 is 6.41. The SMILES string of the molecule is Nc1cccc(C(CC(=O)N2CCc3c2cc(O)c2ccccc32)CC(=O)N2CC(CCl)c3c2cc(O)c2ccccc32)c1. The van der Waals surface area contributed by atoms with Gasteiger partial charge in [0.2, 0.25) is 11.8 Å². The fourth-order valence-corrected chi connectivity index (χ4v) is 7.31. The zero-order valence-electron chi connectivity index (χ0n) is 24.0. The third-order valence-corrected chi connectivity index (χ3v) is 9.52. The van der Waals surface area contributed by atoms with E-state index in [0.717, 1.165) is 38.2 Å². The Hall–Kier alpha value is -4.75. The number of nitrogen functional groups attached to an aromatic ring is 1. The van der Waals surface area contributed by atoms with Gasteiger partial charge < -0.3 is 25.7 Å². The van der Waals surface area contributed by atoms with Crippen molar-refractivity contribution in [2.24, 2.45) is 0 Å². The minimum Gasteiger partial charge on any atom is -0.507 e. The summed E-state index contributed by atoms with van der Waals surface area (Å²) in [5, 5.41) is 24.9. The van der Waals surface area contributed by atoms with Crippen molar-refractivity contribution in [1.82, 2.24) is 0 Å². The molecule has 0 aliphatic carbocycles. The second kappa shape index (κ2) is 11.1. The summed E-state index contributed by atoms with van der Waals surface area (Å²) in [6.07, 6.45) is 0.845. The number of rotatable bonds is 6. The number of hydrogen-bond donors (Lipinski definition) is 3. The molecule has 0 bridgehead atoms. The van der Waals surface area contributed by atoms with Crippen LogP contribution in [0.4, 0.5) is 17.1 Å². The zero-order chi connectivity index (χ0) is 30.5. The number of phenolic OH excluding ortho intramolecular Hbond substituents is 2. The van der Waals surface area contributed by atoms with Gasteiger partial charge in [0.1, 0.15) is 11.5 Å². The van der Waals surface area contributed by atoms with E-state index >= 15 is 0 Å². The van der Waals surface area contributed by atoms with Gasteiger partial charge >= 0.3 is 0 Å². The van der Waals surface area contributed by atoms with Gasteiger partial charge in [0.15, 0.2) is 0 Å². The summed E-state index contributed by atoms with van der Waals surface area (Å²) in [6.45, 7) is 0.900. The predicted molar refractivity (Wildman–Crippen MR) is 176 cm³/mol. The van der Waals surface area contributed by atoms with Crippen molar-refractivity contribution < 1.29 is 19.8 Å². The topological polar surface area (TPSA) is 107 Å². The fourth-order valence-electron chi connectivity index (χ4n) is 7.06. The molecule has 0 aromatic heterocycles. The monoisotopic (exact) mass is 605 g/mol.